The van der Waals surface area contributed by atoms with Gasteiger partial charge < -0.3 is 14.2 Å². The fourth-order valence-electron chi connectivity index (χ4n) is 1.98. The van der Waals surface area contributed by atoms with E-state index in [0.29, 0.717) is 5.56 Å². The Hall–Kier alpha value is -3.13. The van der Waals surface area contributed by atoms with Crippen LogP contribution in [0.5, 0.6) is 11.5 Å². The number of carbonyl (C=O) groups excluding carboxylic acids is 2. The van der Waals surface area contributed by atoms with Gasteiger partial charge in [-0.3, -0.25) is 4.79 Å². The first-order valence-electron chi connectivity index (χ1n) is 7.60. The summed E-state index contributed by atoms with van der Waals surface area (Å²) in [4.78, 5) is 23.1. The lowest BCUT2D eigenvalue weighted by atomic mass is 10.2. The molecule has 142 valence electrons. The third kappa shape index (κ3) is 5.68. The van der Waals surface area contributed by atoms with E-state index < -0.39 is 17.7 Å². The normalized spacial score (nSPS) is 10.5. The number of esters is 1. The molecule has 0 atom stereocenters. The summed E-state index contributed by atoms with van der Waals surface area (Å²) in [5.74, 6) is -1.05. The largest absolute Gasteiger partial charge is 0.493 e. The van der Waals surface area contributed by atoms with Gasteiger partial charge in [0.1, 0.15) is 5.82 Å². The Morgan fingerprint density at radius 1 is 1.22 bits per heavy atom. The molecule has 0 spiro atoms. The van der Waals surface area contributed by atoms with E-state index in [1.165, 1.54) is 50.8 Å². The Morgan fingerprint density at radius 3 is 2.56 bits per heavy atom. The van der Waals surface area contributed by atoms with Gasteiger partial charge in [0.05, 0.1) is 25.5 Å². The molecule has 9 heteroatoms. The molecular weight excluding hydrogens is 379 g/mol. The van der Waals surface area contributed by atoms with Gasteiger partial charge in [0.25, 0.3) is 5.91 Å². The second kappa shape index (κ2) is 9.54. The molecule has 0 radical (unpaired) electrons. The summed E-state index contributed by atoms with van der Waals surface area (Å²) in [5, 5.41) is 4.01. The molecule has 0 aliphatic carbocycles. The van der Waals surface area contributed by atoms with Crippen LogP contribution in [0.4, 0.5) is 4.39 Å². The van der Waals surface area contributed by atoms with Gasteiger partial charge in [-0.15, -0.1) is 0 Å². The van der Waals surface area contributed by atoms with Crippen molar-refractivity contribution in [1.29, 1.82) is 0 Å². The molecule has 1 N–H and O–H groups in total. The Morgan fingerprint density at radius 2 is 1.93 bits per heavy atom. The van der Waals surface area contributed by atoms with Crippen molar-refractivity contribution in [3.63, 3.8) is 0 Å². The zero-order chi connectivity index (χ0) is 19.8. The van der Waals surface area contributed by atoms with Gasteiger partial charge in [-0.05, 0) is 42.0 Å². The molecule has 2 rings (SSSR count). The van der Waals surface area contributed by atoms with Gasteiger partial charge >= 0.3 is 5.97 Å². The zero-order valence-corrected chi connectivity index (χ0v) is 15.2. The maximum absolute atomic E-state index is 12.9. The Bertz CT molecular complexity index is 856. The second-order valence-electron chi connectivity index (χ2n) is 5.10. The van der Waals surface area contributed by atoms with E-state index in [-0.39, 0.29) is 28.7 Å². The number of rotatable bonds is 7. The number of carbonyl (C=O) groups is 2. The molecule has 7 nitrogen and oxygen atoms in total. The standard InChI is InChI=1S/C18H16ClFN2O5/c1-25-15-8-11(7-14(19)17(15)27-10-16(23)26-2)9-21-22-18(24)12-3-5-13(20)6-4-12/h3-9H,10H2,1-2H3,(H,22,24)/b21-9-. The molecule has 0 aromatic heterocycles. The number of benzene rings is 2. The van der Waals surface area contributed by atoms with Gasteiger partial charge in [-0.2, -0.15) is 5.10 Å². The Balaban J connectivity index is 2.08. The van der Waals surface area contributed by atoms with Crippen LogP contribution in [0.25, 0.3) is 0 Å². The van der Waals surface area contributed by atoms with E-state index in [9.17, 15) is 14.0 Å². The lowest BCUT2D eigenvalue weighted by Crippen LogP contribution is -2.17. The summed E-state index contributed by atoms with van der Waals surface area (Å²) in [6.07, 6.45) is 1.35. The number of nitrogens with zero attached hydrogens (tertiary/aromatic N) is 1. The molecule has 0 fully saturated rings. The SMILES string of the molecule is COC(=O)COc1c(Cl)cc(/C=N\NC(=O)c2ccc(F)cc2)cc1OC. The Kier molecular flexibility index (Phi) is 7.13. The summed E-state index contributed by atoms with van der Waals surface area (Å²) >= 11 is 6.15. The minimum atomic E-state index is -0.567. The summed E-state index contributed by atoms with van der Waals surface area (Å²) in [5.41, 5.74) is 3.09. The first-order valence-corrected chi connectivity index (χ1v) is 7.98. The summed E-state index contributed by atoms with van der Waals surface area (Å²) < 4.78 is 27.9. The van der Waals surface area contributed by atoms with Crippen LogP contribution in [0.15, 0.2) is 41.5 Å². The van der Waals surface area contributed by atoms with Crippen molar-refractivity contribution in [3.05, 3.63) is 58.4 Å². The van der Waals surface area contributed by atoms with E-state index in [2.05, 4.69) is 15.3 Å². The first kappa shape index (κ1) is 20.2. The highest BCUT2D eigenvalue weighted by Crippen LogP contribution is 2.36. The lowest BCUT2D eigenvalue weighted by molar-refractivity contribution is -0.142. The number of methoxy groups -OCH3 is 2. The van der Waals surface area contributed by atoms with Crippen LogP contribution >= 0.6 is 11.6 Å². The number of amides is 1. The quantitative estimate of drug-likeness (QED) is 0.443. The molecule has 2 aromatic carbocycles. The molecular formula is C18H16ClFN2O5. The predicted octanol–water partition coefficient (Wildman–Crippen LogP) is 2.80. The molecule has 0 saturated heterocycles. The monoisotopic (exact) mass is 394 g/mol. The van der Waals surface area contributed by atoms with Crippen molar-refractivity contribution in [2.75, 3.05) is 20.8 Å². The molecule has 2 aromatic rings. The average Bonchev–Trinajstić information content (AvgIpc) is 2.66. The summed E-state index contributed by atoms with van der Waals surface area (Å²) in [6, 6.07) is 8.12. The van der Waals surface area contributed by atoms with Crippen molar-refractivity contribution in [2.45, 2.75) is 0 Å². The van der Waals surface area contributed by atoms with E-state index in [1.807, 2.05) is 0 Å². The van der Waals surface area contributed by atoms with Gasteiger partial charge in [-0.1, -0.05) is 11.6 Å². The van der Waals surface area contributed by atoms with Crippen LogP contribution in [-0.4, -0.2) is 38.9 Å². The minimum Gasteiger partial charge on any atom is -0.493 e. The van der Waals surface area contributed by atoms with E-state index in [4.69, 9.17) is 21.1 Å². The highest BCUT2D eigenvalue weighted by atomic mass is 35.5. The third-order valence-corrected chi connectivity index (χ3v) is 3.58. The maximum Gasteiger partial charge on any atom is 0.343 e. The Labute approximate surface area is 159 Å². The first-order chi connectivity index (χ1) is 12.9. The number of halogens is 2. The van der Waals surface area contributed by atoms with E-state index in [0.717, 1.165) is 0 Å². The number of ether oxygens (including phenoxy) is 3. The third-order valence-electron chi connectivity index (χ3n) is 3.30. The minimum absolute atomic E-state index is 0.178. The topological polar surface area (TPSA) is 86.2 Å². The van der Waals surface area contributed by atoms with Crippen LogP contribution in [0.2, 0.25) is 5.02 Å². The fourth-order valence-corrected chi connectivity index (χ4v) is 2.25. The van der Waals surface area contributed by atoms with Crippen molar-refractivity contribution >= 4 is 29.7 Å². The lowest BCUT2D eigenvalue weighted by Gasteiger charge is -2.12. The van der Waals surface area contributed by atoms with Crippen LogP contribution in [0.3, 0.4) is 0 Å². The number of hydrazone groups is 1. The zero-order valence-electron chi connectivity index (χ0n) is 14.5. The molecule has 0 bridgehead atoms. The summed E-state index contributed by atoms with van der Waals surface area (Å²) in [6.45, 7) is -0.326. The van der Waals surface area contributed by atoms with Crippen molar-refractivity contribution in [3.8, 4) is 11.5 Å². The number of nitrogens with one attached hydrogen (secondary N) is 1. The molecule has 0 saturated carbocycles. The van der Waals surface area contributed by atoms with Crippen LogP contribution in [0, 0.1) is 5.82 Å². The number of hydrogen-bond donors (Lipinski definition) is 1. The van der Waals surface area contributed by atoms with Crippen LogP contribution in [0.1, 0.15) is 15.9 Å². The second-order valence-corrected chi connectivity index (χ2v) is 5.51. The van der Waals surface area contributed by atoms with Crippen molar-refractivity contribution in [2.24, 2.45) is 5.10 Å². The van der Waals surface area contributed by atoms with E-state index in [1.54, 1.807) is 6.07 Å². The molecule has 0 heterocycles. The van der Waals surface area contributed by atoms with Gasteiger partial charge in [0.15, 0.2) is 18.1 Å². The van der Waals surface area contributed by atoms with Crippen molar-refractivity contribution < 1.29 is 28.2 Å². The van der Waals surface area contributed by atoms with Gasteiger partial charge in [0.2, 0.25) is 0 Å². The molecule has 0 unspecified atom stereocenters. The molecule has 1 amide bonds. The molecule has 27 heavy (non-hydrogen) atoms. The smallest absolute Gasteiger partial charge is 0.343 e. The average molecular weight is 395 g/mol. The summed E-state index contributed by atoms with van der Waals surface area (Å²) in [7, 11) is 2.65. The van der Waals surface area contributed by atoms with Crippen LogP contribution < -0.4 is 14.9 Å². The van der Waals surface area contributed by atoms with Gasteiger partial charge in [0, 0.05) is 5.56 Å². The fraction of sp³-hybridized carbons (Fsp3) is 0.167. The highest BCUT2D eigenvalue weighted by Gasteiger charge is 2.13. The highest BCUT2D eigenvalue weighted by molar-refractivity contribution is 6.32. The molecule has 0 aliphatic heterocycles. The van der Waals surface area contributed by atoms with E-state index >= 15 is 0 Å². The van der Waals surface area contributed by atoms with Crippen molar-refractivity contribution in [1.82, 2.24) is 5.43 Å². The van der Waals surface area contributed by atoms with Crippen LogP contribution in [-0.2, 0) is 9.53 Å². The maximum atomic E-state index is 12.9. The molecule has 0 aliphatic rings. The van der Waals surface area contributed by atoms with Gasteiger partial charge in [-0.25, -0.2) is 14.6 Å². The predicted molar refractivity (Wildman–Crippen MR) is 97.0 cm³/mol. The number of hydrogen-bond acceptors (Lipinski definition) is 6.